The Balaban J connectivity index is 2.44. The van der Waals surface area contributed by atoms with Crippen molar-refractivity contribution in [3.8, 4) is 6.07 Å². The molecule has 86 valence electrons. The number of hydrogen-bond acceptors (Lipinski definition) is 4. The van der Waals surface area contributed by atoms with Gasteiger partial charge in [0.25, 0.3) is 0 Å². The fraction of sp³-hybridized carbons (Fsp3) is 0.167. The number of para-hydroxylation sites is 1. The van der Waals surface area contributed by atoms with Crippen LogP contribution in [-0.2, 0) is 7.05 Å². The van der Waals surface area contributed by atoms with Gasteiger partial charge in [-0.05, 0) is 19.1 Å². The molecule has 2 rings (SSSR count). The van der Waals surface area contributed by atoms with E-state index < -0.39 is 0 Å². The van der Waals surface area contributed by atoms with Crippen molar-refractivity contribution >= 4 is 17.4 Å². The molecule has 0 bridgehead atoms. The van der Waals surface area contributed by atoms with E-state index in [1.807, 2.05) is 38.2 Å². The maximum absolute atomic E-state index is 9.11. The molecule has 0 amide bonds. The average molecular weight is 244 g/mol. The molecule has 17 heavy (non-hydrogen) atoms. The first kappa shape index (κ1) is 11.6. The second kappa shape index (κ2) is 4.52. The molecule has 0 saturated heterocycles. The van der Waals surface area contributed by atoms with Crippen molar-refractivity contribution in [2.75, 3.05) is 5.73 Å². The minimum Gasteiger partial charge on any atom is -0.398 e. The van der Waals surface area contributed by atoms with Crippen molar-refractivity contribution in [3.05, 3.63) is 35.5 Å². The number of rotatable bonds is 2. The summed E-state index contributed by atoms with van der Waals surface area (Å²) in [4.78, 5) is 0.937. The molecule has 4 nitrogen and oxygen atoms in total. The smallest absolute Gasteiger partial charge is 0.117 e. The summed E-state index contributed by atoms with van der Waals surface area (Å²) in [6.07, 6.45) is 0. The molecule has 1 aromatic carbocycles. The number of nitrogens with zero attached hydrogens (tertiary/aromatic N) is 3. The van der Waals surface area contributed by atoms with Gasteiger partial charge in [0.2, 0.25) is 0 Å². The van der Waals surface area contributed by atoms with Gasteiger partial charge in [-0.25, -0.2) is 0 Å². The second-order valence-electron chi connectivity index (χ2n) is 3.64. The molecule has 2 aromatic rings. The van der Waals surface area contributed by atoms with E-state index in [0.29, 0.717) is 11.3 Å². The molecule has 0 saturated carbocycles. The topological polar surface area (TPSA) is 67.6 Å². The Morgan fingerprint density at radius 1 is 1.41 bits per heavy atom. The van der Waals surface area contributed by atoms with E-state index in [2.05, 4.69) is 11.2 Å². The van der Waals surface area contributed by atoms with Crippen LogP contribution in [0.15, 0.2) is 34.2 Å². The Labute approximate surface area is 104 Å². The fourth-order valence-electron chi connectivity index (χ4n) is 1.56. The van der Waals surface area contributed by atoms with Gasteiger partial charge in [-0.3, -0.25) is 4.68 Å². The Morgan fingerprint density at radius 2 is 2.12 bits per heavy atom. The van der Waals surface area contributed by atoms with E-state index in [1.54, 1.807) is 4.68 Å². The number of benzene rings is 1. The van der Waals surface area contributed by atoms with E-state index >= 15 is 0 Å². The highest BCUT2D eigenvalue weighted by atomic mass is 32.2. The standard InChI is InChI=1S/C12H12N4S/c1-8-9(7-13)12(16(2)15-8)17-11-6-4-3-5-10(11)14/h3-6H,14H2,1-2H3. The molecule has 0 fully saturated rings. The number of nitrogen functional groups attached to an aromatic ring is 1. The van der Waals surface area contributed by atoms with Crippen LogP contribution >= 0.6 is 11.8 Å². The molecule has 1 aromatic heterocycles. The van der Waals surface area contributed by atoms with Gasteiger partial charge in [0.15, 0.2) is 0 Å². The molecule has 0 unspecified atom stereocenters. The van der Waals surface area contributed by atoms with Crippen molar-refractivity contribution in [1.82, 2.24) is 9.78 Å². The fourth-order valence-corrected chi connectivity index (χ4v) is 2.57. The van der Waals surface area contributed by atoms with Gasteiger partial charge < -0.3 is 5.73 Å². The van der Waals surface area contributed by atoms with Gasteiger partial charge >= 0.3 is 0 Å². The Bertz CT molecular complexity index is 595. The van der Waals surface area contributed by atoms with Crippen LogP contribution in [-0.4, -0.2) is 9.78 Å². The van der Waals surface area contributed by atoms with Crippen LogP contribution in [0, 0.1) is 18.3 Å². The molecular formula is C12H12N4S. The Morgan fingerprint density at radius 3 is 2.76 bits per heavy atom. The minimum atomic E-state index is 0.612. The summed E-state index contributed by atoms with van der Waals surface area (Å²) >= 11 is 1.47. The molecule has 0 atom stereocenters. The first-order valence-electron chi connectivity index (χ1n) is 5.09. The van der Waals surface area contributed by atoms with Crippen LogP contribution in [0.25, 0.3) is 0 Å². The third-order valence-corrected chi connectivity index (χ3v) is 3.66. The molecule has 5 heteroatoms. The van der Waals surface area contributed by atoms with E-state index in [4.69, 9.17) is 11.0 Å². The SMILES string of the molecule is Cc1nn(C)c(Sc2ccccc2N)c1C#N. The Hall–Kier alpha value is -1.93. The summed E-state index contributed by atoms with van der Waals surface area (Å²) in [7, 11) is 1.83. The number of aromatic nitrogens is 2. The van der Waals surface area contributed by atoms with Crippen LogP contribution < -0.4 is 5.73 Å². The van der Waals surface area contributed by atoms with Crippen molar-refractivity contribution in [3.63, 3.8) is 0 Å². The molecule has 1 heterocycles. The van der Waals surface area contributed by atoms with Crippen LogP contribution in [0.2, 0.25) is 0 Å². The van der Waals surface area contributed by atoms with Gasteiger partial charge in [-0.2, -0.15) is 10.4 Å². The minimum absolute atomic E-state index is 0.612. The van der Waals surface area contributed by atoms with Gasteiger partial charge in [0.1, 0.15) is 16.7 Å². The van der Waals surface area contributed by atoms with Crippen LogP contribution in [0.3, 0.4) is 0 Å². The summed E-state index contributed by atoms with van der Waals surface area (Å²) in [5, 5.41) is 14.2. The summed E-state index contributed by atoms with van der Waals surface area (Å²) in [6, 6.07) is 9.77. The van der Waals surface area contributed by atoms with Gasteiger partial charge in [0.05, 0.1) is 5.69 Å². The van der Waals surface area contributed by atoms with E-state index in [1.165, 1.54) is 11.8 Å². The van der Waals surface area contributed by atoms with Gasteiger partial charge in [0, 0.05) is 17.6 Å². The lowest BCUT2D eigenvalue weighted by Gasteiger charge is -2.05. The predicted molar refractivity (Wildman–Crippen MR) is 67.6 cm³/mol. The largest absolute Gasteiger partial charge is 0.398 e. The number of nitriles is 1. The molecule has 2 N–H and O–H groups in total. The summed E-state index contributed by atoms with van der Waals surface area (Å²) in [5.41, 5.74) is 7.95. The van der Waals surface area contributed by atoms with Gasteiger partial charge in [-0.1, -0.05) is 23.9 Å². The highest BCUT2D eigenvalue weighted by Crippen LogP contribution is 2.34. The number of anilines is 1. The predicted octanol–water partition coefficient (Wildman–Crippen LogP) is 2.33. The molecule has 0 aliphatic rings. The first-order chi connectivity index (χ1) is 8.13. The van der Waals surface area contributed by atoms with Gasteiger partial charge in [-0.15, -0.1) is 0 Å². The van der Waals surface area contributed by atoms with E-state index in [9.17, 15) is 0 Å². The van der Waals surface area contributed by atoms with Crippen molar-refractivity contribution < 1.29 is 0 Å². The van der Waals surface area contributed by atoms with E-state index in [0.717, 1.165) is 15.6 Å². The van der Waals surface area contributed by atoms with Crippen LogP contribution in [0.4, 0.5) is 5.69 Å². The summed E-state index contributed by atoms with van der Waals surface area (Å²) in [6.45, 7) is 1.83. The molecule has 0 aliphatic heterocycles. The first-order valence-corrected chi connectivity index (χ1v) is 5.91. The quantitative estimate of drug-likeness (QED) is 0.823. The lowest BCUT2D eigenvalue weighted by Crippen LogP contribution is -1.94. The lowest BCUT2D eigenvalue weighted by atomic mass is 10.3. The summed E-state index contributed by atoms with van der Waals surface area (Å²) < 4.78 is 1.71. The third-order valence-electron chi connectivity index (χ3n) is 2.41. The van der Waals surface area contributed by atoms with Crippen LogP contribution in [0.1, 0.15) is 11.3 Å². The zero-order chi connectivity index (χ0) is 12.4. The summed E-state index contributed by atoms with van der Waals surface area (Å²) in [5.74, 6) is 0. The second-order valence-corrected chi connectivity index (χ2v) is 4.67. The number of hydrogen-bond donors (Lipinski definition) is 1. The number of nitrogens with two attached hydrogens (primary N) is 1. The highest BCUT2D eigenvalue weighted by Gasteiger charge is 2.14. The van der Waals surface area contributed by atoms with Crippen molar-refractivity contribution in [2.24, 2.45) is 7.05 Å². The monoisotopic (exact) mass is 244 g/mol. The lowest BCUT2D eigenvalue weighted by molar-refractivity contribution is 0.692. The van der Waals surface area contributed by atoms with E-state index in [-0.39, 0.29) is 0 Å². The average Bonchev–Trinajstić information content (AvgIpc) is 2.56. The van der Waals surface area contributed by atoms with Crippen molar-refractivity contribution in [2.45, 2.75) is 16.8 Å². The molecule has 0 aliphatic carbocycles. The third kappa shape index (κ3) is 2.12. The normalized spacial score (nSPS) is 10.2. The zero-order valence-electron chi connectivity index (χ0n) is 9.64. The zero-order valence-corrected chi connectivity index (χ0v) is 10.5. The Kier molecular flexibility index (Phi) is 3.07. The highest BCUT2D eigenvalue weighted by molar-refractivity contribution is 7.99. The molecule has 0 spiro atoms. The van der Waals surface area contributed by atoms with Crippen molar-refractivity contribution in [1.29, 1.82) is 5.26 Å². The maximum atomic E-state index is 9.11. The molecule has 0 radical (unpaired) electrons. The number of aryl methyl sites for hydroxylation is 2. The van der Waals surface area contributed by atoms with Crippen LogP contribution in [0.5, 0.6) is 0 Å². The molecular weight excluding hydrogens is 232 g/mol. The maximum Gasteiger partial charge on any atom is 0.117 e.